The lowest BCUT2D eigenvalue weighted by Crippen LogP contribution is -2.17. The fourth-order valence-corrected chi connectivity index (χ4v) is 5.41. The van der Waals surface area contributed by atoms with Gasteiger partial charge in [0.15, 0.2) is 0 Å². The molecule has 44 heavy (non-hydrogen) atoms. The third-order valence-corrected chi connectivity index (χ3v) is 7.57. The number of carbonyl (C=O) groups is 1. The van der Waals surface area contributed by atoms with Crippen molar-refractivity contribution >= 4 is 17.8 Å². The third kappa shape index (κ3) is 5.56. The van der Waals surface area contributed by atoms with Crippen molar-refractivity contribution in [2.24, 2.45) is 5.10 Å². The zero-order chi connectivity index (χ0) is 30.6. The molecule has 2 aromatic heterocycles. The number of nitro groups is 1. The summed E-state index contributed by atoms with van der Waals surface area (Å²) in [6.07, 6.45) is 1.61. The molecular formula is C36H29N5O3. The first kappa shape index (κ1) is 28.1. The summed E-state index contributed by atoms with van der Waals surface area (Å²) in [5, 5.41) is 15.2. The predicted molar refractivity (Wildman–Crippen MR) is 174 cm³/mol. The van der Waals surface area contributed by atoms with Gasteiger partial charge in [0.1, 0.15) is 0 Å². The number of rotatable bonds is 8. The van der Waals surface area contributed by atoms with Gasteiger partial charge in [0.25, 0.3) is 11.6 Å². The molecule has 0 unspecified atom stereocenters. The van der Waals surface area contributed by atoms with Crippen LogP contribution in [0.4, 0.5) is 5.69 Å². The Balaban J connectivity index is 1.21. The van der Waals surface area contributed by atoms with E-state index in [1.54, 1.807) is 30.5 Å². The number of hydrazone groups is 1. The summed E-state index contributed by atoms with van der Waals surface area (Å²) in [4.78, 5) is 23.6. The fourth-order valence-electron chi connectivity index (χ4n) is 5.41. The SMILES string of the molecule is Cc1cc(/C=N\NC(=O)c2ccc(-n3c(-c4ccccc4)ccc3-c3ccccc3)cc2)c(C)n1-c1ccc([N+](=O)[O-])cc1. The molecule has 2 heterocycles. The highest BCUT2D eigenvalue weighted by Gasteiger charge is 2.15. The Morgan fingerprint density at radius 2 is 1.25 bits per heavy atom. The smallest absolute Gasteiger partial charge is 0.271 e. The number of benzene rings is 4. The lowest BCUT2D eigenvalue weighted by molar-refractivity contribution is -0.384. The molecular weight excluding hydrogens is 550 g/mol. The van der Waals surface area contributed by atoms with Crippen LogP contribution in [0, 0.1) is 24.0 Å². The van der Waals surface area contributed by atoms with Crippen molar-refractivity contribution in [1.29, 1.82) is 0 Å². The highest BCUT2D eigenvalue weighted by Crippen LogP contribution is 2.32. The van der Waals surface area contributed by atoms with E-state index in [2.05, 4.69) is 51.5 Å². The highest BCUT2D eigenvalue weighted by molar-refractivity contribution is 5.95. The van der Waals surface area contributed by atoms with Crippen molar-refractivity contribution in [2.75, 3.05) is 0 Å². The largest absolute Gasteiger partial charge is 0.318 e. The highest BCUT2D eigenvalue weighted by atomic mass is 16.6. The molecule has 0 atom stereocenters. The molecule has 0 saturated heterocycles. The zero-order valence-electron chi connectivity index (χ0n) is 24.2. The topological polar surface area (TPSA) is 94.5 Å². The van der Waals surface area contributed by atoms with Crippen LogP contribution < -0.4 is 5.43 Å². The Labute approximate surface area is 254 Å². The van der Waals surface area contributed by atoms with Gasteiger partial charge in [-0.05, 0) is 79.6 Å². The minimum atomic E-state index is -0.419. The van der Waals surface area contributed by atoms with Crippen LogP contribution in [-0.2, 0) is 0 Å². The molecule has 1 amide bonds. The van der Waals surface area contributed by atoms with E-state index < -0.39 is 4.92 Å². The summed E-state index contributed by atoms with van der Waals surface area (Å²) in [7, 11) is 0. The molecule has 0 aliphatic carbocycles. The minimum Gasteiger partial charge on any atom is -0.318 e. The number of nitro benzene ring substituents is 1. The lowest BCUT2D eigenvalue weighted by Gasteiger charge is -2.15. The van der Waals surface area contributed by atoms with Crippen LogP contribution in [-0.4, -0.2) is 26.2 Å². The van der Waals surface area contributed by atoms with Crippen LogP contribution in [0.3, 0.4) is 0 Å². The Kier molecular flexibility index (Phi) is 7.71. The molecule has 6 aromatic rings. The summed E-state index contributed by atoms with van der Waals surface area (Å²) in [6, 6.07) is 40.5. The van der Waals surface area contributed by atoms with Crippen molar-refractivity contribution in [3.63, 3.8) is 0 Å². The van der Waals surface area contributed by atoms with Gasteiger partial charge in [-0.25, -0.2) is 5.43 Å². The van der Waals surface area contributed by atoms with Crippen molar-refractivity contribution in [1.82, 2.24) is 14.6 Å². The van der Waals surface area contributed by atoms with Gasteiger partial charge >= 0.3 is 0 Å². The molecule has 0 aliphatic heterocycles. The monoisotopic (exact) mass is 579 g/mol. The zero-order valence-corrected chi connectivity index (χ0v) is 24.2. The van der Waals surface area contributed by atoms with Crippen LogP contribution in [0.1, 0.15) is 27.3 Å². The Morgan fingerprint density at radius 3 is 1.80 bits per heavy atom. The van der Waals surface area contributed by atoms with Crippen LogP contribution >= 0.6 is 0 Å². The second kappa shape index (κ2) is 12.1. The van der Waals surface area contributed by atoms with Crippen molar-refractivity contribution < 1.29 is 9.72 Å². The van der Waals surface area contributed by atoms with Crippen molar-refractivity contribution in [3.05, 3.63) is 160 Å². The number of nitrogens with zero attached hydrogens (tertiary/aromatic N) is 4. The number of carbonyl (C=O) groups excluding carboxylic acids is 1. The molecule has 0 saturated carbocycles. The molecule has 8 heteroatoms. The van der Waals surface area contributed by atoms with Crippen LogP contribution in [0.15, 0.2) is 132 Å². The van der Waals surface area contributed by atoms with Gasteiger partial charge in [-0.1, -0.05) is 60.7 Å². The van der Waals surface area contributed by atoms with Gasteiger partial charge in [-0.2, -0.15) is 5.10 Å². The number of aryl methyl sites for hydroxylation is 1. The first-order valence-corrected chi connectivity index (χ1v) is 14.1. The third-order valence-electron chi connectivity index (χ3n) is 7.57. The second-order valence-electron chi connectivity index (χ2n) is 10.4. The van der Waals surface area contributed by atoms with E-state index in [0.29, 0.717) is 5.56 Å². The maximum Gasteiger partial charge on any atom is 0.271 e. The van der Waals surface area contributed by atoms with Gasteiger partial charge in [0, 0.05) is 46.0 Å². The van der Waals surface area contributed by atoms with E-state index in [1.807, 2.05) is 73.0 Å². The summed E-state index contributed by atoms with van der Waals surface area (Å²) in [5.74, 6) is -0.323. The number of amides is 1. The molecule has 0 bridgehead atoms. The predicted octanol–water partition coefficient (Wildman–Crippen LogP) is 7.89. The van der Waals surface area contributed by atoms with Gasteiger partial charge in [-0.15, -0.1) is 0 Å². The quantitative estimate of drug-likeness (QED) is 0.113. The standard InChI is InChI=1S/C36H29N5O3/c1-25-23-30(26(2)39(25)31-17-19-33(20-18-31)41(43)44)24-37-38-36(42)29-13-15-32(16-14-29)40-34(27-9-5-3-6-10-27)21-22-35(40)28-11-7-4-8-12-28/h3-24H,1-2H3,(H,38,42)/b37-24-. The number of aromatic nitrogens is 2. The lowest BCUT2D eigenvalue weighted by atomic mass is 10.1. The Morgan fingerprint density at radius 1 is 0.727 bits per heavy atom. The number of hydrogen-bond acceptors (Lipinski definition) is 4. The average molecular weight is 580 g/mol. The molecule has 0 spiro atoms. The fraction of sp³-hybridized carbons (Fsp3) is 0.0556. The van der Waals surface area contributed by atoms with Gasteiger partial charge in [-0.3, -0.25) is 14.9 Å². The maximum absolute atomic E-state index is 13.0. The summed E-state index contributed by atoms with van der Waals surface area (Å²) in [5.41, 5.74) is 11.9. The van der Waals surface area contributed by atoms with E-state index in [9.17, 15) is 14.9 Å². The average Bonchev–Trinajstić information content (AvgIpc) is 3.62. The maximum atomic E-state index is 13.0. The summed E-state index contributed by atoms with van der Waals surface area (Å²) >= 11 is 0. The van der Waals surface area contributed by atoms with Gasteiger partial charge in [0.2, 0.25) is 0 Å². The molecule has 0 fully saturated rings. The van der Waals surface area contributed by atoms with Crippen molar-refractivity contribution in [2.45, 2.75) is 13.8 Å². The summed E-state index contributed by atoms with van der Waals surface area (Å²) < 4.78 is 4.19. The summed E-state index contributed by atoms with van der Waals surface area (Å²) in [6.45, 7) is 3.88. The molecule has 216 valence electrons. The van der Waals surface area contributed by atoms with Gasteiger partial charge < -0.3 is 9.13 Å². The first-order chi connectivity index (χ1) is 21.4. The number of hydrogen-bond donors (Lipinski definition) is 1. The molecule has 0 radical (unpaired) electrons. The van der Waals surface area contributed by atoms with E-state index >= 15 is 0 Å². The Bertz CT molecular complexity index is 1920. The van der Waals surface area contributed by atoms with E-state index in [4.69, 9.17) is 0 Å². The molecule has 6 rings (SSSR count). The molecule has 8 nitrogen and oxygen atoms in total. The minimum absolute atomic E-state index is 0.0374. The van der Waals surface area contributed by atoms with Crippen LogP contribution in [0.2, 0.25) is 0 Å². The Hall–Kier alpha value is -6.02. The number of nitrogens with one attached hydrogen (secondary N) is 1. The second-order valence-corrected chi connectivity index (χ2v) is 10.4. The molecule has 4 aromatic carbocycles. The number of non-ortho nitro benzene ring substituents is 1. The van der Waals surface area contributed by atoms with Crippen LogP contribution in [0.25, 0.3) is 33.9 Å². The molecule has 1 N–H and O–H groups in total. The van der Waals surface area contributed by atoms with Crippen LogP contribution in [0.5, 0.6) is 0 Å². The van der Waals surface area contributed by atoms with Gasteiger partial charge in [0.05, 0.1) is 22.5 Å². The first-order valence-electron chi connectivity index (χ1n) is 14.1. The molecule has 0 aliphatic rings. The van der Waals surface area contributed by atoms with E-state index in [0.717, 1.165) is 50.8 Å². The normalized spacial score (nSPS) is 11.1. The van der Waals surface area contributed by atoms with Crippen molar-refractivity contribution in [3.8, 4) is 33.9 Å². The van der Waals surface area contributed by atoms with E-state index in [1.165, 1.54) is 12.1 Å². The van der Waals surface area contributed by atoms with E-state index in [-0.39, 0.29) is 11.6 Å².